The van der Waals surface area contributed by atoms with Crippen molar-refractivity contribution in [1.29, 1.82) is 0 Å². The number of allylic oxidation sites excluding steroid dienone is 1. The van der Waals surface area contributed by atoms with Gasteiger partial charge >= 0.3 is 0 Å². The summed E-state index contributed by atoms with van der Waals surface area (Å²) in [5.41, 5.74) is 2.97. The number of benzene rings is 4. The number of aliphatic imine (C=N–C) groups is 2. The molecule has 7 rings (SSSR count). The average Bonchev–Trinajstić information content (AvgIpc) is 3.35. The summed E-state index contributed by atoms with van der Waals surface area (Å²) in [6.45, 7) is 0. The third-order valence-electron chi connectivity index (χ3n) is 6.23. The van der Waals surface area contributed by atoms with E-state index in [-0.39, 0.29) is 0 Å². The Labute approximate surface area is 209 Å². The number of fused-ring (bicyclic) bond motifs is 6. The molecular weight excluding hydrogens is 476 g/mol. The Bertz CT molecular complexity index is 1850. The van der Waals surface area contributed by atoms with Gasteiger partial charge in [-0.3, -0.25) is 0 Å². The Kier molecular flexibility index (Phi) is 4.66. The van der Waals surface area contributed by atoms with Gasteiger partial charge < -0.3 is 0 Å². The lowest BCUT2D eigenvalue weighted by atomic mass is 10.1. The highest BCUT2D eigenvalue weighted by atomic mass is 35.5. The van der Waals surface area contributed by atoms with Crippen molar-refractivity contribution in [2.45, 2.75) is 6.42 Å². The van der Waals surface area contributed by atoms with Crippen molar-refractivity contribution < 1.29 is 0 Å². The molecule has 1 aliphatic rings. The van der Waals surface area contributed by atoms with Crippen LogP contribution in [0.1, 0.15) is 17.5 Å². The second kappa shape index (κ2) is 7.88. The summed E-state index contributed by atoms with van der Waals surface area (Å²) in [5, 5.41) is 5.69. The largest absolute Gasteiger partial charge is 0.228 e. The summed E-state index contributed by atoms with van der Waals surface area (Å²) in [6.07, 6.45) is 2.64. The molecule has 0 atom stereocenters. The Hall–Kier alpha value is -3.31. The van der Waals surface area contributed by atoms with Gasteiger partial charge in [0.15, 0.2) is 5.84 Å². The molecule has 4 aromatic carbocycles. The Balaban J connectivity index is 1.35. The van der Waals surface area contributed by atoms with Crippen LogP contribution < -0.4 is 0 Å². The minimum atomic E-state index is 0.549. The number of rotatable bonds is 2. The summed E-state index contributed by atoms with van der Waals surface area (Å²) in [6, 6.07) is 30.1. The van der Waals surface area contributed by atoms with E-state index in [1.54, 1.807) is 11.3 Å². The van der Waals surface area contributed by atoms with Gasteiger partial charge in [0.25, 0.3) is 0 Å². The van der Waals surface area contributed by atoms with Gasteiger partial charge in [-0.1, -0.05) is 78.3 Å². The summed E-state index contributed by atoms with van der Waals surface area (Å²) in [4.78, 5) is 9.67. The van der Waals surface area contributed by atoms with E-state index >= 15 is 0 Å². The molecule has 2 nitrogen and oxygen atoms in total. The Morgan fingerprint density at radius 2 is 1.15 bits per heavy atom. The molecule has 34 heavy (non-hydrogen) atoms. The first-order valence-corrected chi connectivity index (χ1v) is 13.1. The van der Waals surface area contributed by atoms with Gasteiger partial charge in [-0.05, 0) is 24.3 Å². The Morgan fingerprint density at radius 3 is 1.82 bits per heavy atom. The lowest BCUT2D eigenvalue weighted by Crippen LogP contribution is -1.99. The molecule has 0 radical (unpaired) electrons. The third kappa shape index (κ3) is 3.30. The van der Waals surface area contributed by atoms with Crippen molar-refractivity contribution >= 4 is 91.3 Å². The van der Waals surface area contributed by atoms with Gasteiger partial charge in [-0.2, -0.15) is 0 Å². The zero-order valence-electron chi connectivity index (χ0n) is 18.0. The molecular formula is C29H17ClN2S2. The molecule has 1 aliphatic heterocycles. The van der Waals surface area contributed by atoms with E-state index < -0.39 is 0 Å². The highest BCUT2D eigenvalue weighted by Gasteiger charge is 2.14. The highest BCUT2D eigenvalue weighted by molar-refractivity contribution is 7.26. The van der Waals surface area contributed by atoms with E-state index in [1.807, 2.05) is 11.3 Å². The first-order valence-electron chi connectivity index (χ1n) is 11.1. The average molecular weight is 493 g/mol. The van der Waals surface area contributed by atoms with Crippen LogP contribution in [-0.2, 0) is 0 Å². The van der Waals surface area contributed by atoms with Crippen LogP contribution in [-0.4, -0.2) is 11.0 Å². The normalized spacial score (nSPS) is 14.4. The van der Waals surface area contributed by atoms with Crippen LogP contribution in [0, 0.1) is 0 Å². The van der Waals surface area contributed by atoms with Crippen molar-refractivity contribution in [1.82, 2.24) is 0 Å². The molecule has 0 spiro atoms. The molecule has 3 heterocycles. The number of nitrogens with zero attached hydrogens (tertiary/aromatic N) is 2. The molecule has 0 aliphatic carbocycles. The second-order valence-electron chi connectivity index (χ2n) is 8.34. The number of halogens is 1. The highest BCUT2D eigenvalue weighted by Crippen LogP contribution is 2.37. The number of hydrogen-bond acceptors (Lipinski definition) is 4. The van der Waals surface area contributed by atoms with Crippen LogP contribution in [0.4, 0.5) is 0 Å². The summed E-state index contributed by atoms with van der Waals surface area (Å²) in [5.74, 6) is 0.657. The standard InChI is InChI=1S/C29H17ClN2S2/c30-28-14-13-23(17-9-11-21-19-5-1-3-7-24(19)33-26(21)15-17)31-29(32-28)18-10-12-22-20-6-2-4-8-25(20)34-27(22)16-18/h1-13,15-16H,14H2. The van der Waals surface area contributed by atoms with Crippen LogP contribution in [0.5, 0.6) is 0 Å². The van der Waals surface area contributed by atoms with E-state index in [9.17, 15) is 0 Å². The fraction of sp³-hybridized carbons (Fsp3) is 0.0345. The molecule has 0 saturated carbocycles. The fourth-order valence-electron chi connectivity index (χ4n) is 4.59. The minimum Gasteiger partial charge on any atom is -0.228 e. The van der Waals surface area contributed by atoms with Crippen molar-refractivity contribution in [3.05, 3.63) is 102 Å². The predicted octanol–water partition coefficient (Wildman–Crippen LogP) is 9.25. The zero-order valence-corrected chi connectivity index (χ0v) is 20.3. The maximum atomic E-state index is 6.48. The van der Waals surface area contributed by atoms with E-state index in [0.717, 1.165) is 16.8 Å². The van der Waals surface area contributed by atoms with Crippen LogP contribution in [0.3, 0.4) is 0 Å². The van der Waals surface area contributed by atoms with Gasteiger partial charge in [0.05, 0.1) is 5.70 Å². The quantitative estimate of drug-likeness (QED) is 0.230. The molecule has 0 unspecified atom stereocenters. The molecule has 2 aromatic heterocycles. The van der Waals surface area contributed by atoms with Crippen LogP contribution >= 0.6 is 34.3 Å². The number of hydrogen-bond donors (Lipinski definition) is 0. The van der Waals surface area contributed by atoms with Gasteiger partial charge in [-0.15, -0.1) is 22.7 Å². The molecule has 5 heteroatoms. The van der Waals surface area contributed by atoms with Crippen molar-refractivity contribution in [3.63, 3.8) is 0 Å². The smallest absolute Gasteiger partial charge is 0.161 e. The van der Waals surface area contributed by atoms with Crippen molar-refractivity contribution in [2.24, 2.45) is 9.98 Å². The van der Waals surface area contributed by atoms with Gasteiger partial charge in [0.1, 0.15) is 5.17 Å². The first kappa shape index (κ1) is 20.1. The lowest BCUT2D eigenvalue weighted by Gasteiger charge is -2.05. The SMILES string of the molecule is ClC1=NC(c2ccc3c(c2)sc2ccccc23)=NC(c2ccc3c(c2)sc2ccccc23)=CC1. The van der Waals surface area contributed by atoms with Gasteiger partial charge in [0.2, 0.25) is 0 Å². The first-order chi connectivity index (χ1) is 16.7. The van der Waals surface area contributed by atoms with Crippen LogP contribution in [0.2, 0.25) is 0 Å². The summed E-state index contributed by atoms with van der Waals surface area (Å²) >= 11 is 10.1. The van der Waals surface area contributed by atoms with Crippen LogP contribution in [0.25, 0.3) is 46.0 Å². The molecule has 0 N–H and O–H groups in total. The molecule has 0 saturated heterocycles. The fourth-order valence-corrected chi connectivity index (χ4v) is 7.04. The summed E-state index contributed by atoms with van der Waals surface area (Å²) < 4.78 is 5.08. The third-order valence-corrected chi connectivity index (χ3v) is 8.73. The van der Waals surface area contributed by atoms with Gasteiger partial charge in [-0.25, -0.2) is 9.98 Å². The van der Waals surface area contributed by atoms with Crippen LogP contribution in [0.15, 0.2) is 101 Å². The van der Waals surface area contributed by atoms with E-state index in [2.05, 4.69) is 96.0 Å². The lowest BCUT2D eigenvalue weighted by molar-refractivity contribution is 1.46. The summed E-state index contributed by atoms with van der Waals surface area (Å²) in [7, 11) is 0. The zero-order chi connectivity index (χ0) is 22.6. The molecule has 0 amide bonds. The second-order valence-corrected chi connectivity index (χ2v) is 10.9. The number of amidine groups is 1. The predicted molar refractivity (Wildman–Crippen MR) is 151 cm³/mol. The maximum Gasteiger partial charge on any atom is 0.161 e. The van der Waals surface area contributed by atoms with E-state index in [4.69, 9.17) is 16.6 Å². The van der Waals surface area contributed by atoms with Crippen molar-refractivity contribution in [3.8, 4) is 0 Å². The number of thiophene rings is 2. The molecule has 162 valence electrons. The molecule has 0 fully saturated rings. The molecule has 6 aromatic rings. The topological polar surface area (TPSA) is 24.7 Å². The van der Waals surface area contributed by atoms with Gasteiger partial charge in [0, 0.05) is 57.9 Å². The van der Waals surface area contributed by atoms with E-state index in [0.29, 0.717) is 17.4 Å². The van der Waals surface area contributed by atoms with E-state index in [1.165, 1.54) is 40.3 Å². The molecule has 0 bridgehead atoms. The monoisotopic (exact) mass is 492 g/mol. The Morgan fingerprint density at radius 1 is 0.588 bits per heavy atom. The van der Waals surface area contributed by atoms with Crippen molar-refractivity contribution in [2.75, 3.05) is 0 Å². The minimum absolute atomic E-state index is 0.549. The maximum absolute atomic E-state index is 6.48.